The van der Waals surface area contributed by atoms with E-state index in [-0.39, 0.29) is 11.3 Å². The standard InChI is InChI=1S/C19H20ClN3O5/c1-11-5-7-14(20)10-15(11)21-18(24)12(2)28-19(25)13-6-8-16(22(3)4)17(9-13)23(26)27/h5-10,12H,1-4H3,(H,21,24)/t12-/m0/s1. The van der Waals surface area contributed by atoms with Crippen LogP contribution in [0, 0.1) is 17.0 Å². The topological polar surface area (TPSA) is 102 Å². The third-order valence-corrected chi connectivity index (χ3v) is 4.24. The summed E-state index contributed by atoms with van der Waals surface area (Å²) >= 11 is 5.92. The molecule has 0 unspecified atom stereocenters. The number of nitro benzene ring substituents is 1. The van der Waals surface area contributed by atoms with Crippen molar-refractivity contribution in [1.29, 1.82) is 0 Å². The molecule has 1 atom stereocenters. The molecular formula is C19H20ClN3O5. The number of carbonyl (C=O) groups is 2. The van der Waals surface area contributed by atoms with E-state index in [1.165, 1.54) is 19.1 Å². The van der Waals surface area contributed by atoms with Gasteiger partial charge in [0.2, 0.25) is 0 Å². The second-order valence-corrected chi connectivity index (χ2v) is 6.79. The molecule has 8 nitrogen and oxygen atoms in total. The van der Waals surface area contributed by atoms with Crippen LogP contribution in [0.2, 0.25) is 5.02 Å². The predicted octanol–water partition coefficient (Wildman–Crippen LogP) is 3.81. The fourth-order valence-electron chi connectivity index (χ4n) is 2.42. The van der Waals surface area contributed by atoms with Crippen molar-refractivity contribution < 1.29 is 19.2 Å². The Morgan fingerprint density at radius 1 is 1.21 bits per heavy atom. The summed E-state index contributed by atoms with van der Waals surface area (Å²) in [5.74, 6) is -1.38. The molecule has 0 spiro atoms. The number of halogens is 1. The largest absolute Gasteiger partial charge is 0.449 e. The number of anilines is 2. The van der Waals surface area contributed by atoms with E-state index in [9.17, 15) is 19.7 Å². The highest BCUT2D eigenvalue weighted by Gasteiger charge is 2.23. The number of hydrogen-bond donors (Lipinski definition) is 1. The first-order chi connectivity index (χ1) is 13.1. The van der Waals surface area contributed by atoms with Gasteiger partial charge in [-0.3, -0.25) is 14.9 Å². The summed E-state index contributed by atoms with van der Waals surface area (Å²) in [6.45, 7) is 3.21. The van der Waals surface area contributed by atoms with Crippen LogP contribution >= 0.6 is 11.6 Å². The molecule has 0 heterocycles. The molecule has 2 aromatic rings. The summed E-state index contributed by atoms with van der Waals surface area (Å²) in [4.78, 5) is 36.9. The molecule has 2 rings (SSSR count). The van der Waals surface area contributed by atoms with Crippen LogP contribution in [0.1, 0.15) is 22.8 Å². The fraction of sp³-hybridized carbons (Fsp3) is 0.263. The van der Waals surface area contributed by atoms with Crippen LogP contribution in [0.5, 0.6) is 0 Å². The molecule has 0 radical (unpaired) electrons. The number of nitro groups is 1. The summed E-state index contributed by atoms with van der Waals surface area (Å²) in [5, 5.41) is 14.3. The lowest BCUT2D eigenvalue weighted by Crippen LogP contribution is -2.30. The maximum absolute atomic E-state index is 12.3. The molecule has 1 amide bonds. The normalized spacial score (nSPS) is 11.5. The molecule has 2 aromatic carbocycles. The van der Waals surface area contributed by atoms with Crippen molar-refractivity contribution in [1.82, 2.24) is 0 Å². The lowest BCUT2D eigenvalue weighted by atomic mass is 10.1. The summed E-state index contributed by atoms with van der Waals surface area (Å²) < 4.78 is 5.16. The van der Waals surface area contributed by atoms with Gasteiger partial charge in [0.1, 0.15) is 5.69 Å². The van der Waals surface area contributed by atoms with Crippen molar-refractivity contribution in [2.45, 2.75) is 20.0 Å². The number of hydrogen-bond acceptors (Lipinski definition) is 6. The van der Waals surface area contributed by atoms with Crippen molar-refractivity contribution in [2.24, 2.45) is 0 Å². The number of esters is 1. The minimum absolute atomic E-state index is 0.0177. The molecule has 0 aliphatic rings. The van der Waals surface area contributed by atoms with Gasteiger partial charge in [0.05, 0.1) is 10.5 Å². The Labute approximate surface area is 167 Å². The molecule has 9 heteroatoms. The molecule has 0 aromatic heterocycles. The number of benzene rings is 2. The second-order valence-electron chi connectivity index (χ2n) is 6.35. The number of rotatable bonds is 6. The molecule has 0 saturated carbocycles. The lowest BCUT2D eigenvalue weighted by Gasteiger charge is -2.16. The number of nitrogens with one attached hydrogen (secondary N) is 1. The van der Waals surface area contributed by atoms with Gasteiger partial charge in [-0.25, -0.2) is 4.79 Å². The minimum Gasteiger partial charge on any atom is -0.449 e. The van der Waals surface area contributed by atoms with Crippen LogP contribution < -0.4 is 10.2 Å². The van der Waals surface area contributed by atoms with Gasteiger partial charge in [-0.1, -0.05) is 17.7 Å². The summed E-state index contributed by atoms with van der Waals surface area (Å²) in [6, 6.07) is 9.03. The molecule has 0 saturated heterocycles. The Kier molecular flexibility index (Phi) is 6.58. The highest BCUT2D eigenvalue weighted by atomic mass is 35.5. The Bertz CT molecular complexity index is 930. The second kappa shape index (κ2) is 8.71. The Morgan fingerprint density at radius 2 is 1.89 bits per heavy atom. The minimum atomic E-state index is -1.11. The highest BCUT2D eigenvalue weighted by molar-refractivity contribution is 6.31. The first-order valence-electron chi connectivity index (χ1n) is 8.34. The molecule has 0 aliphatic heterocycles. The van der Waals surface area contributed by atoms with Gasteiger partial charge in [0.25, 0.3) is 11.6 Å². The quantitative estimate of drug-likeness (QED) is 0.445. The lowest BCUT2D eigenvalue weighted by molar-refractivity contribution is -0.384. The van der Waals surface area contributed by atoms with E-state index < -0.39 is 22.9 Å². The van der Waals surface area contributed by atoms with E-state index in [0.29, 0.717) is 16.4 Å². The van der Waals surface area contributed by atoms with Gasteiger partial charge in [-0.2, -0.15) is 0 Å². The fourth-order valence-corrected chi connectivity index (χ4v) is 2.59. The van der Waals surface area contributed by atoms with Crippen LogP contribution in [0.15, 0.2) is 36.4 Å². The maximum atomic E-state index is 12.3. The molecule has 148 valence electrons. The number of ether oxygens (including phenoxy) is 1. The zero-order valence-electron chi connectivity index (χ0n) is 15.9. The number of amides is 1. The van der Waals surface area contributed by atoms with Crippen LogP contribution in [0.3, 0.4) is 0 Å². The summed E-state index contributed by atoms with van der Waals surface area (Å²) in [5.41, 5.74) is 1.41. The number of carbonyl (C=O) groups excluding carboxylic acids is 2. The number of aryl methyl sites for hydroxylation is 1. The SMILES string of the molecule is Cc1ccc(Cl)cc1NC(=O)[C@H](C)OC(=O)c1ccc(N(C)C)c([N+](=O)[O-])c1. The van der Waals surface area contributed by atoms with E-state index >= 15 is 0 Å². The van der Waals surface area contributed by atoms with Gasteiger partial charge in [0.15, 0.2) is 6.10 Å². The van der Waals surface area contributed by atoms with E-state index in [0.717, 1.165) is 11.6 Å². The average Bonchev–Trinajstić information content (AvgIpc) is 2.63. The smallest absolute Gasteiger partial charge is 0.339 e. The average molecular weight is 406 g/mol. The van der Waals surface area contributed by atoms with Crippen LogP contribution in [0.4, 0.5) is 17.1 Å². The van der Waals surface area contributed by atoms with Crippen LogP contribution in [-0.2, 0) is 9.53 Å². The Balaban J connectivity index is 2.13. The molecule has 1 N–H and O–H groups in total. The van der Waals surface area contributed by atoms with Crippen molar-refractivity contribution in [3.8, 4) is 0 Å². The predicted molar refractivity (Wildman–Crippen MR) is 107 cm³/mol. The van der Waals surface area contributed by atoms with E-state index in [1.54, 1.807) is 44.1 Å². The highest BCUT2D eigenvalue weighted by Crippen LogP contribution is 2.28. The van der Waals surface area contributed by atoms with Gasteiger partial charge >= 0.3 is 5.97 Å². The first-order valence-corrected chi connectivity index (χ1v) is 8.71. The molecule has 0 fully saturated rings. The molecule has 0 aliphatic carbocycles. The van der Waals surface area contributed by atoms with Crippen LogP contribution in [-0.4, -0.2) is 37.0 Å². The molecular weight excluding hydrogens is 386 g/mol. The van der Waals surface area contributed by atoms with Gasteiger partial charge in [0, 0.05) is 30.9 Å². The summed E-state index contributed by atoms with van der Waals surface area (Å²) in [7, 11) is 3.31. The van der Waals surface area contributed by atoms with Gasteiger partial charge in [-0.05, 0) is 43.7 Å². The molecule has 0 bridgehead atoms. The van der Waals surface area contributed by atoms with E-state index in [4.69, 9.17) is 16.3 Å². The summed E-state index contributed by atoms with van der Waals surface area (Å²) in [6.07, 6.45) is -1.11. The van der Waals surface area contributed by atoms with Crippen molar-refractivity contribution >= 4 is 40.5 Å². The third kappa shape index (κ3) is 4.98. The first kappa shape index (κ1) is 21.2. The van der Waals surface area contributed by atoms with Gasteiger partial charge in [-0.15, -0.1) is 0 Å². The van der Waals surface area contributed by atoms with Crippen molar-refractivity contribution in [3.05, 3.63) is 62.7 Å². The number of nitrogens with zero attached hydrogens (tertiary/aromatic N) is 2. The van der Waals surface area contributed by atoms with Crippen molar-refractivity contribution in [3.63, 3.8) is 0 Å². The van der Waals surface area contributed by atoms with Crippen molar-refractivity contribution in [2.75, 3.05) is 24.3 Å². The van der Waals surface area contributed by atoms with E-state index in [2.05, 4.69) is 5.32 Å². The van der Waals surface area contributed by atoms with Crippen LogP contribution in [0.25, 0.3) is 0 Å². The Morgan fingerprint density at radius 3 is 2.50 bits per heavy atom. The van der Waals surface area contributed by atoms with Gasteiger partial charge < -0.3 is 15.0 Å². The Hall–Kier alpha value is -3.13. The third-order valence-electron chi connectivity index (χ3n) is 4.00. The zero-order valence-corrected chi connectivity index (χ0v) is 16.6. The zero-order chi connectivity index (χ0) is 21.0. The molecule has 28 heavy (non-hydrogen) atoms. The van der Waals surface area contributed by atoms with E-state index in [1.807, 2.05) is 0 Å². The monoisotopic (exact) mass is 405 g/mol. The maximum Gasteiger partial charge on any atom is 0.339 e.